The quantitative estimate of drug-likeness (QED) is 0.271. The molecule has 0 saturated carbocycles. The summed E-state index contributed by atoms with van der Waals surface area (Å²) in [5, 5.41) is 10.9. The molecule has 5 aromatic carbocycles. The van der Waals surface area contributed by atoms with E-state index < -0.39 is 0 Å². The molecule has 6 rings (SSSR count). The molecule has 0 nitrogen and oxygen atoms in total. The van der Waals surface area contributed by atoms with E-state index in [-0.39, 0.29) is 0 Å². The maximum atomic E-state index is 2.37. The van der Waals surface area contributed by atoms with Gasteiger partial charge in [0, 0.05) is 0 Å². The number of hydrogen-bond donors (Lipinski definition) is 0. The highest BCUT2D eigenvalue weighted by Gasteiger charge is 2.16. The molecule has 0 unspecified atom stereocenters. The summed E-state index contributed by atoms with van der Waals surface area (Å²) in [6, 6.07) is 26.6. The zero-order valence-electron chi connectivity index (χ0n) is 13.1. The molecular formula is C24H14. The topological polar surface area (TPSA) is 0 Å². The number of fused-ring (bicyclic) bond motifs is 7. The minimum absolute atomic E-state index is 1.33. The zero-order valence-corrected chi connectivity index (χ0v) is 13.1. The van der Waals surface area contributed by atoms with Gasteiger partial charge in [-0.1, -0.05) is 78.9 Å². The van der Waals surface area contributed by atoms with Gasteiger partial charge in [0.25, 0.3) is 0 Å². The van der Waals surface area contributed by atoms with Crippen LogP contribution in [0.1, 0.15) is 11.1 Å². The van der Waals surface area contributed by atoms with Crippen molar-refractivity contribution >= 4 is 55.2 Å². The van der Waals surface area contributed by atoms with Crippen LogP contribution in [0.3, 0.4) is 0 Å². The maximum absolute atomic E-state index is 2.37. The number of rotatable bonds is 0. The smallest absolute Gasteiger partial charge is 0.00197 e. The summed E-state index contributed by atoms with van der Waals surface area (Å²) in [6.07, 6.45) is 4.49. The first-order valence-electron chi connectivity index (χ1n) is 8.39. The summed E-state index contributed by atoms with van der Waals surface area (Å²) in [4.78, 5) is 0. The zero-order chi connectivity index (χ0) is 15.7. The van der Waals surface area contributed by atoms with Crippen LogP contribution >= 0.6 is 0 Å². The van der Waals surface area contributed by atoms with Crippen LogP contribution in [-0.4, -0.2) is 0 Å². The lowest BCUT2D eigenvalue weighted by molar-refractivity contribution is 1.75. The van der Waals surface area contributed by atoms with Crippen molar-refractivity contribution in [3.63, 3.8) is 0 Å². The van der Waals surface area contributed by atoms with E-state index in [4.69, 9.17) is 0 Å². The van der Waals surface area contributed by atoms with Crippen molar-refractivity contribution in [3.05, 3.63) is 83.9 Å². The van der Waals surface area contributed by atoms with Gasteiger partial charge in [-0.05, 0) is 60.3 Å². The van der Waals surface area contributed by atoms with Gasteiger partial charge in [0.1, 0.15) is 0 Å². The van der Waals surface area contributed by atoms with Crippen LogP contribution in [0.25, 0.3) is 55.2 Å². The van der Waals surface area contributed by atoms with Crippen molar-refractivity contribution in [2.45, 2.75) is 0 Å². The highest BCUT2D eigenvalue weighted by Crippen LogP contribution is 2.42. The van der Waals surface area contributed by atoms with Gasteiger partial charge in [-0.15, -0.1) is 0 Å². The van der Waals surface area contributed by atoms with E-state index in [1.807, 2.05) is 0 Å². The predicted molar refractivity (Wildman–Crippen MR) is 105 cm³/mol. The summed E-state index contributed by atoms with van der Waals surface area (Å²) in [5.41, 5.74) is 2.68. The van der Waals surface area contributed by atoms with E-state index in [0.29, 0.717) is 0 Å². The van der Waals surface area contributed by atoms with E-state index in [1.165, 1.54) is 54.2 Å². The highest BCUT2D eigenvalue weighted by atomic mass is 14.2. The molecule has 0 spiro atoms. The SMILES string of the molecule is C1=Cc2cc3c4ccccc4c4ccccc4c3c3cccc1c23. The first-order valence-corrected chi connectivity index (χ1v) is 8.39. The molecule has 0 fully saturated rings. The van der Waals surface area contributed by atoms with E-state index in [9.17, 15) is 0 Å². The first-order chi connectivity index (χ1) is 11.9. The second-order valence-corrected chi connectivity index (χ2v) is 6.58. The Kier molecular flexibility index (Phi) is 2.18. The Hall–Kier alpha value is -3.12. The second kappa shape index (κ2) is 4.24. The Morgan fingerprint density at radius 3 is 1.75 bits per heavy atom. The average molecular weight is 302 g/mol. The van der Waals surface area contributed by atoms with Crippen molar-refractivity contribution in [2.75, 3.05) is 0 Å². The van der Waals surface area contributed by atoms with Gasteiger partial charge >= 0.3 is 0 Å². The summed E-state index contributed by atoms with van der Waals surface area (Å²) in [5.74, 6) is 0. The highest BCUT2D eigenvalue weighted by molar-refractivity contribution is 6.33. The van der Waals surface area contributed by atoms with Gasteiger partial charge in [0.05, 0.1) is 0 Å². The number of benzene rings is 5. The lowest BCUT2D eigenvalue weighted by Gasteiger charge is -2.14. The first kappa shape index (κ1) is 12.3. The maximum Gasteiger partial charge on any atom is -0.00197 e. The van der Waals surface area contributed by atoms with Gasteiger partial charge in [-0.2, -0.15) is 0 Å². The Labute approximate surface area is 139 Å². The molecule has 0 bridgehead atoms. The van der Waals surface area contributed by atoms with Crippen molar-refractivity contribution in [3.8, 4) is 0 Å². The van der Waals surface area contributed by atoms with E-state index in [0.717, 1.165) is 0 Å². The largest absolute Gasteiger partial charge is 0.0616 e. The third kappa shape index (κ3) is 1.39. The predicted octanol–water partition coefficient (Wildman–Crippen LogP) is 6.78. The Bertz CT molecular complexity index is 1340. The lowest BCUT2D eigenvalue weighted by Crippen LogP contribution is -1.87. The van der Waals surface area contributed by atoms with Gasteiger partial charge in [-0.3, -0.25) is 0 Å². The summed E-state index contributed by atoms with van der Waals surface area (Å²) in [6.45, 7) is 0. The fourth-order valence-corrected chi connectivity index (χ4v) is 4.39. The fraction of sp³-hybridized carbons (Fsp3) is 0. The average Bonchev–Trinajstić information content (AvgIpc) is 3.06. The fourth-order valence-electron chi connectivity index (χ4n) is 4.39. The molecule has 0 saturated heterocycles. The molecule has 1 aliphatic carbocycles. The monoisotopic (exact) mass is 302 g/mol. The van der Waals surface area contributed by atoms with Gasteiger partial charge in [-0.25, -0.2) is 0 Å². The third-order valence-electron chi connectivity index (χ3n) is 5.37. The molecule has 24 heavy (non-hydrogen) atoms. The van der Waals surface area contributed by atoms with E-state index in [1.54, 1.807) is 0 Å². The Balaban J connectivity index is 2.07. The summed E-state index contributed by atoms with van der Waals surface area (Å²) in [7, 11) is 0. The van der Waals surface area contributed by atoms with Crippen molar-refractivity contribution in [1.82, 2.24) is 0 Å². The van der Waals surface area contributed by atoms with Crippen molar-refractivity contribution in [2.24, 2.45) is 0 Å². The molecular weight excluding hydrogens is 288 g/mol. The normalized spacial score (nSPS) is 12.8. The van der Waals surface area contributed by atoms with Gasteiger partial charge in [0.15, 0.2) is 0 Å². The van der Waals surface area contributed by atoms with Gasteiger partial charge in [0.2, 0.25) is 0 Å². The van der Waals surface area contributed by atoms with Crippen LogP contribution in [0.5, 0.6) is 0 Å². The van der Waals surface area contributed by atoms with Crippen LogP contribution in [0.4, 0.5) is 0 Å². The molecule has 0 heterocycles. The third-order valence-corrected chi connectivity index (χ3v) is 5.37. The number of hydrogen-bond acceptors (Lipinski definition) is 0. The van der Waals surface area contributed by atoms with Crippen molar-refractivity contribution in [1.29, 1.82) is 0 Å². The standard InChI is InChI=1S/C24H14/c1-2-9-19-17(7-1)18-8-3-4-10-20(18)24-21-11-5-6-15-12-13-16(23(15)21)14-22(19)24/h1-14H. The minimum atomic E-state index is 1.33. The molecule has 5 aromatic rings. The van der Waals surface area contributed by atoms with Crippen LogP contribution in [0.2, 0.25) is 0 Å². The van der Waals surface area contributed by atoms with Crippen LogP contribution in [0.15, 0.2) is 72.8 Å². The molecule has 0 N–H and O–H groups in total. The van der Waals surface area contributed by atoms with Crippen LogP contribution < -0.4 is 0 Å². The van der Waals surface area contributed by atoms with Crippen LogP contribution in [-0.2, 0) is 0 Å². The molecule has 0 amide bonds. The lowest BCUT2D eigenvalue weighted by atomic mass is 9.89. The molecule has 0 radical (unpaired) electrons. The molecule has 0 aromatic heterocycles. The minimum Gasteiger partial charge on any atom is -0.0616 e. The second-order valence-electron chi connectivity index (χ2n) is 6.58. The van der Waals surface area contributed by atoms with E-state index >= 15 is 0 Å². The molecule has 0 heteroatoms. The van der Waals surface area contributed by atoms with Crippen LogP contribution in [0, 0.1) is 0 Å². The molecule has 110 valence electrons. The Morgan fingerprint density at radius 1 is 0.375 bits per heavy atom. The Morgan fingerprint density at radius 2 is 0.958 bits per heavy atom. The molecule has 0 aliphatic heterocycles. The van der Waals surface area contributed by atoms with Gasteiger partial charge < -0.3 is 0 Å². The molecule has 1 aliphatic rings. The molecule has 0 atom stereocenters. The van der Waals surface area contributed by atoms with E-state index in [2.05, 4.69) is 84.9 Å². The van der Waals surface area contributed by atoms with Crippen molar-refractivity contribution < 1.29 is 0 Å². The summed E-state index contributed by atoms with van der Waals surface area (Å²) >= 11 is 0. The summed E-state index contributed by atoms with van der Waals surface area (Å²) < 4.78 is 0.